The zero-order valence-corrected chi connectivity index (χ0v) is 53.7. The van der Waals surface area contributed by atoms with Crippen LogP contribution in [0.3, 0.4) is 0 Å². The third-order valence-electron chi connectivity index (χ3n) is 12.8. The maximum atomic E-state index is 12.1. The third kappa shape index (κ3) is 29.0. The molecule has 2 unspecified atom stereocenters. The summed E-state index contributed by atoms with van der Waals surface area (Å²) in [7, 11) is 3.68. The molecule has 9 nitrogen and oxygen atoms in total. The summed E-state index contributed by atoms with van der Waals surface area (Å²) in [5.41, 5.74) is 18.9. The Morgan fingerprint density at radius 3 is 1.52 bits per heavy atom. The molecule has 0 saturated carbocycles. The van der Waals surface area contributed by atoms with Crippen LogP contribution in [-0.2, 0) is 23.9 Å². The van der Waals surface area contributed by atoms with Crippen molar-refractivity contribution in [1.82, 2.24) is 16.0 Å². The fraction of sp³-hybridized carbons (Fsp3) is 0.347. The monoisotopic (exact) mass is 1140 g/mol. The Balaban J connectivity index is 0.000000383. The topological polar surface area (TPSA) is 115 Å². The molecule has 450 valence electrons. The molecule has 9 heteroatoms. The van der Waals surface area contributed by atoms with Crippen LogP contribution in [0, 0.1) is 40.0 Å². The predicted octanol–water partition coefficient (Wildman–Crippen LogP) is 16.6. The Kier molecular flexibility index (Phi) is 32.9. The number of allylic oxidation sites excluding steroid dienone is 4. The molecule has 0 fully saturated rings. The molecule has 0 saturated heterocycles. The Morgan fingerprint density at radius 2 is 1.08 bits per heavy atom. The molecule has 0 heterocycles. The summed E-state index contributed by atoms with van der Waals surface area (Å²) in [6.07, 6.45) is 3.80. The summed E-state index contributed by atoms with van der Waals surface area (Å²) < 4.78 is 15.7. The highest BCUT2D eigenvalue weighted by Crippen LogP contribution is 2.44. The summed E-state index contributed by atoms with van der Waals surface area (Å²) >= 11 is 0. The van der Waals surface area contributed by atoms with Crippen LogP contribution in [0.25, 0.3) is 11.1 Å². The molecule has 1 aliphatic rings. The van der Waals surface area contributed by atoms with Gasteiger partial charge in [-0.05, 0) is 143 Å². The number of rotatable bonds is 21. The lowest BCUT2D eigenvalue weighted by Crippen LogP contribution is -2.28. The first-order valence-electron chi connectivity index (χ1n) is 28.9. The van der Waals surface area contributed by atoms with Crippen LogP contribution in [0.2, 0.25) is 0 Å². The number of likely N-dealkylation sites (N-methyl/N-ethyl adjacent to an activating group) is 1. The van der Waals surface area contributed by atoms with Crippen molar-refractivity contribution in [2.45, 2.75) is 115 Å². The van der Waals surface area contributed by atoms with Gasteiger partial charge in [0.25, 0.3) is 0 Å². The van der Waals surface area contributed by atoms with E-state index >= 15 is 0 Å². The summed E-state index contributed by atoms with van der Waals surface area (Å²) in [6.45, 7) is 45.7. The zero-order chi connectivity index (χ0) is 62.9. The van der Waals surface area contributed by atoms with Gasteiger partial charge in [-0.15, -0.1) is 0 Å². The minimum absolute atomic E-state index is 0.0101. The van der Waals surface area contributed by atoms with Gasteiger partial charge < -0.3 is 30.2 Å². The highest BCUT2D eigenvalue weighted by atomic mass is 16.5. The van der Waals surface area contributed by atoms with Gasteiger partial charge in [0.2, 0.25) is 0 Å². The first-order chi connectivity index (χ1) is 39.6. The number of aryl methyl sites for hydroxylation is 5. The fourth-order valence-corrected chi connectivity index (χ4v) is 8.51. The lowest BCUT2D eigenvalue weighted by molar-refractivity contribution is -0.141. The lowest BCUT2D eigenvalue weighted by Gasteiger charge is -2.20. The van der Waals surface area contributed by atoms with E-state index in [9.17, 15) is 14.4 Å². The van der Waals surface area contributed by atoms with Crippen molar-refractivity contribution in [2.24, 2.45) is 5.41 Å². The van der Waals surface area contributed by atoms with Crippen LogP contribution >= 0.6 is 0 Å². The van der Waals surface area contributed by atoms with Gasteiger partial charge in [0, 0.05) is 25.3 Å². The number of hydrogen-bond donors (Lipinski definition) is 3. The molecular weight excluding hydrogens is 1040 g/mol. The number of carbonyl (C=O) groups excluding carboxylic acids is 3. The SMILES string of the molecule is C=C(C)/C=C\C(=C)CNCC(=O)COc1ccc(C(NC)c2ccc(C)cc2C)cc1.C=C(C)C(C)c1ccc(C)cc1C.C=C(C)OCC(=O)CNC.CC(=O)OCC1c2ccccc2-c2ccccc21.CC(C)(C)C.Cc1ccccc1. The van der Waals surface area contributed by atoms with Gasteiger partial charge in [0.15, 0.2) is 11.6 Å². The van der Waals surface area contributed by atoms with Crippen molar-refractivity contribution in [2.75, 3.05) is 53.6 Å². The Morgan fingerprint density at radius 1 is 0.583 bits per heavy atom. The molecule has 7 rings (SSSR count). The second-order valence-electron chi connectivity index (χ2n) is 23.1. The van der Waals surface area contributed by atoms with Crippen LogP contribution in [-0.4, -0.2) is 71.1 Å². The maximum Gasteiger partial charge on any atom is 0.302 e. The number of ketones is 2. The molecule has 0 bridgehead atoms. The molecule has 2 atom stereocenters. The van der Waals surface area contributed by atoms with Gasteiger partial charge in [-0.1, -0.05) is 228 Å². The predicted molar refractivity (Wildman–Crippen MR) is 355 cm³/mol. The molecule has 0 radical (unpaired) electrons. The average molecular weight is 1140 g/mol. The van der Waals surface area contributed by atoms with Crippen LogP contribution in [0.5, 0.6) is 5.75 Å². The minimum Gasteiger partial charge on any atom is -0.491 e. The molecule has 6 aromatic carbocycles. The second kappa shape index (κ2) is 38.2. The average Bonchev–Trinajstić information content (AvgIpc) is 3.20. The molecule has 0 aromatic heterocycles. The van der Waals surface area contributed by atoms with E-state index in [1.165, 1.54) is 73.7 Å². The maximum absolute atomic E-state index is 12.1. The molecule has 3 N–H and O–H groups in total. The summed E-state index contributed by atoms with van der Waals surface area (Å²) in [5, 5.41) is 9.21. The molecule has 84 heavy (non-hydrogen) atoms. The first kappa shape index (κ1) is 72.4. The number of carbonyl (C=O) groups is 3. The number of benzene rings is 6. The number of hydrogen-bond acceptors (Lipinski definition) is 9. The normalized spacial score (nSPS) is 11.7. The van der Waals surface area contributed by atoms with Gasteiger partial charge in [0.05, 0.1) is 24.9 Å². The Labute approximate surface area is 506 Å². The van der Waals surface area contributed by atoms with E-state index in [0.29, 0.717) is 42.5 Å². The van der Waals surface area contributed by atoms with E-state index in [4.69, 9.17) is 14.2 Å². The van der Waals surface area contributed by atoms with E-state index in [-0.39, 0.29) is 49.3 Å². The summed E-state index contributed by atoms with van der Waals surface area (Å²) in [6, 6.07) is 48.0. The highest BCUT2D eigenvalue weighted by molar-refractivity contribution is 5.82. The van der Waals surface area contributed by atoms with E-state index in [2.05, 4.69) is 191 Å². The zero-order valence-electron chi connectivity index (χ0n) is 53.7. The minimum atomic E-state index is -0.225. The van der Waals surface area contributed by atoms with Gasteiger partial charge >= 0.3 is 5.97 Å². The van der Waals surface area contributed by atoms with E-state index < -0.39 is 0 Å². The Hall–Kier alpha value is -7.69. The van der Waals surface area contributed by atoms with Crippen molar-refractivity contribution in [1.29, 1.82) is 0 Å². The van der Waals surface area contributed by atoms with E-state index in [1.807, 2.05) is 92.9 Å². The summed E-state index contributed by atoms with van der Waals surface area (Å²) in [4.78, 5) is 33.8. The first-order valence-corrected chi connectivity index (χ1v) is 28.9. The summed E-state index contributed by atoms with van der Waals surface area (Å²) in [5.74, 6) is 1.69. The van der Waals surface area contributed by atoms with Gasteiger partial charge in [-0.25, -0.2) is 0 Å². The van der Waals surface area contributed by atoms with Crippen molar-refractivity contribution in [3.05, 3.63) is 256 Å². The standard InChI is InChI=1S/C27H34N2O2.C16H14O2.C13H18.C7H13NO2.C7H8.C5H12/c1-19(2)7-8-21(4)16-29-17-24(30)18-31-25-12-10-23(11-13-25)27(28-6)26-14-9-20(3)15-22(26)5;1-11(17)18-10-16-14-8-4-2-6-12(14)13-7-3-5-9-15(13)16;1-9(2)12(5)13-7-6-10(3)8-11(13)4;1-6(2)10-5-7(9)4-8-3;1-7-5-3-2-4-6-7;1-5(2,3)4/h7-15,27-29H,1,4,16-18H2,2-3,5-6H3;2-9,16H,10H2,1H3;6-8,12H,1H2,2-5H3;8H,1,4-5H2,2-3H3;2-6H,1H3;1-4H3/b8-7-;;;;;. The fourth-order valence-electron chi connectivity index (χ4n) is 8.51. The van der Waals surface area contributed by atoms with Crippen LogP contribution in [0.15, 0.2) is 200 Å². The molecule has 6 aromatic rings. The molecule has 0 amide bonds. The van der Waals surface area contributed by atoms with Crippen molar-refractivity contribution < 1.29 is 28.6 Å². The number of ether oxygens (including phenoxy) is 3. The van der Waals surface area contributed by atoms with Gasteiger partial charge in [0.1, 0.15) is 25.6 Å². The third-order valence-corrected chi connectivity index (χ3v) is 12.8. The number of esters is 1. The number of nitrogens with one attached hydrogen (secondary N) is 3. The van der Waals surface area contributed by atoms with Crippen molar-refractivity contribution in [3.63, 3.8) is 0 Å². The highest BCUT2D eigenvalue weighted by Gasteiger charge is 2.28. The number of Topliss-reactive ketones (excluding diaryl/α,β-unsaturated/α-hetero) is 2. The largest absolute Gasteiger partial charge is 0.491 e. The number of fused-ring (bicyclic) bond motifs is 3. The van der Waals surface area contributed by atoms with Crippen LogP contribution < -0.4 is 20.7 Å². The molecule has 0 spiro atoms. The Bertz CT molecular complexity index is 3020. The van der Waals surface area contributed by atoms with Crippen molar-refractivity contribution >= 4 is 17.5 Å². The van der Waals surface area contributed by atoms with E-state index in [1.54, 1.807) is 14.0 Å². The lowest BCUT2D eigenvalue weighted by atomic mass is 9.91. The molecule has 1 aliphatic carbocycles. The quantitative estimate of drug-likeness (QED) is 0.0280. The van der Waals surface area contributed by atoms with Crippen LogP contribution in [0.4, 0.5) is 0 Å². The smallest absolute Gasteiger partial charge is 0.302 e. The van der Waals surface area contributed by atoms with E-state index in [0.717, 1.165) is 16.7 Å². The van der Waals surface area contributed by atoms with Crippen LogP contribution in [0.1, 0.15) is 136 Å². The van der Waals surface area contributed by atoms with Gasteiger partial charge in [-0.3, -0.25) is 14.4 Å². The molecule has 0 aliphatic heterocycles. The van der Waals surface area contributed by atoms with Crippen molar-refractivity contribution in [3.8, 4) is 16.9 Å². The van der Waals surface area contributed by atoms with Gasteiger partial charge in [-0.2, -0.15) is 0 Å². The second-order valence-corrected chi connectivity index (χ2v) is 23.1. The molecular formula is C75H99N3O6.